The molecule has 0 aliphatic heterocycles. The maximum atomic E-state index is 12.3. The molecule has 4 aliphatic carbocycles. The zero-order chi connectivity index (χ0) is 16.5. The lowest BCUT2D eigenvalue weighted by Gasteiger charge is -2.54. The maximum Gasteiger partial charge on any atom is 0.338 e. The van der Waals surface area contributed by atoms with Gasteiger partial charge in [0.05, 0.1) is 24.2 Å². The molecule has 0 aromatic heterocycles. The molecule has 0 radical (unpaired) electrons. The molecule has 0 amide bonds. The van der Waals surface area contributed by atoms with E-state index in [1.807, 2.05) is 0 Å². The predicted molar refractivity (Wildman–Crippen MR) is 87.9 cm³/mol. The number of ether oxygens (including phenoxy) is 1. The van der Waals surface area contributed by atoms with Crippen molar-refractivity contribution < 1.29 is 24.2 Å². The number of rotatable bonds is 6. The Hall–Kier alpha value is -1.08. The SMILES string of the molecule is O=C(OCC1C2CC3CC(C2)CC1C3)c1ccc(SOOO)cc1. The van der Waals surface area contributed by atoms with Gasteiger partial charge in [-0.2, -0.15) is 0 Å². The van der Waals surface area contributed by atoms with Crippen LogP contribution >= 0.6 is 12.0 Å². The first-order valence-electron chi connectivity index (χ1n) is 8.65. The summed E-state index contributed by atoms with van der Waals surface area (Å²) in [5.74, 6) is 3.71. The maximum absolute atomic E-state index is 12.3. The summed E-state index contributed by atoms with van der Waals surface area (Å²) in [6.07, 6.45) is 6.80. The molecule has 0 heterocycles. The molecular weight excluding hydrogens is 328 g/mol. The lowest BCUT2D eigenvalue weighted by molar-refractivity contribution is -0.432. The number of carbonyl (C=O) groups excluding carboxylic acids is 1. The summed E-state index contributed by atoms with van der Waals surface area (Å²) >= 11 is 0.868. The fourth-order valence-corrected chi connectivity index (χ4v) is 5.62. The van der Waals surface area contributed by atoms with E-state index >= 15 is 0 Å². The van der Waals surface area contributed by atoms with Crippen molar-refractivity contribution in [3.63, 3.8) is 0 Å². The zero-order valence-corrected chi connectivity index (χ0v) is 14.2. The van der Waals surface area contributed by atoms with E-state index in [0.29, 0.717) is 18.1 Å². The Kier molecular flexibility index (Phi) is 4.81. The van der Waals surface area contributed by atoms with Gasteiger partial charge in [0, 0.05) is 4.90 Å². The molecule has 1 aromatic rings. The molecule has 6 heteroatoms. The Labute approximate surface area is 145 Å². The summed E-state index contributed by atoms with van der Waals surface area (Å²) in [5, 5.41) is 11.7. The van der Waals surface area contributed by atoms with Crippen LogP contribution in [0.3, 0.4) is 0 Å². The van der Waals surface area contributed by atoms with Crippen LogP contribution in [0.25, 0.3) is 0 Å². The number of benzene rings is 1. The summed E-state index contributed by atoms with van der Waals surface area (Å²) in [7, 11) is 0. The van der Waals surface area contributed by atoms with E-state index in [2.05, 4.69) is 9.37 Å². The summed E-state index contributed by atoms with van der Waals surface area (Å²) in [6.45, 7) is 0.561. The van der Waals surface area contributed by atoms with Crippen LogP contribution in [0.2, 0.25) is 0 Å². The average Bonchev–Trinajstić information content (AvgIpc) is 2.59. The molecule has 1 aromatic carbocycles. The Balaban J connectivity index is 1.32. The van der Waals surface area contributed by atoms with Crippen LogP contribution < -0.4 is 0 Å². The predicted octanol–water partition coefficient (Wildman–Crippen LogP) is 4.34. The van der Waals surface area contributed by atoms with Gasteiger partial charge in [0.2, 0.25) is 0 Å². The Morgan fingerprint density at radius 3 is 2.25 bits per heavy atom. The molecule has 0 spiro atoms. The smallest absolute Gasteiger partial charge is 0.338 e. The van der Waals surface area contributed by atoms with Gasteiger partial charge in [-0.3, -0.25) is 0 Å². The van der Waals surface area contributed by atoms with Crippen LogP contribution in [-0.2, 0) is 14.1 Å². The van der Waals surface area contributed by atoms with Crippen LogP contribution in [-0.4, -0.2) is 17.8 Å². The van der Waals surface area contributed by atoms with Crippen molar-refractivity contribution in [3.05, 3.63) is 29.8 Å². The van der Waals surface area contributed by atoms with Gasteiger partial charge in [0.1, 0.15) is 0 Å². The van der Waals surface area contributed by atoms with Crippen molar-refractivity contribution in [2.24, 2.45) is 29.6 Å². The van der Waals surface area contributed by atoms with Crippen LogP contribution in [0.1, 0.15) is 42.5 Å². The summed E-state index contributed by atoms with van der Waals surface area (Å²) in [6, 6.07) is 6.84. The molecule has 24 heavy (non-hydrogen) atoms. The van der Waals surface area contributed by atoms with Crippen molar-refractivity contribution in [2.75, 3.05) is 6.61 Å². The van der Waals surface area contributed by atoms with E-state index in [9.17, 15) is 4.79 Å². The third kappa shape index (κ3) is 3.33. The van der Waals surface area contributed by atoms with Crippen molar-refractivity contribution in [1.29, 1.82) is 0 Å². The topological polar surface area (TPSA) is 65.0 Å². The highest BCUT2D eigenvalue weighted by molar-refractivity contribution is 7.94. The normalized spacial score (nSPS) is 33.6. The van der Waals surface area contributed by atoms with E-state index in [4.69, 9.17) is 9.99 Å². The summed E-state index contributed by atoms with van der Waals surface area (Å²) < 4.78 is 9.99. The van der Waals surface area contributed by atoms with Gasteiger partial charge in [0.25, 0.3) is 0 Å². The summed E-state index contributed by atoms with van der Waals surface area (Å²) in [5.41, 5.74) is 0.535. The number of esters is 1. The quantitative estimate of drug-likeness (QED) is 0.356. The second-order valence-corrected chi connectivity index (χ2v) is 8.22. The van der Waals surface area contributed by atoms with Crippen LogP contribution in [0.5, 0.6) is 0 Å². The van der Waals surface area contributed by atoms with E-state index in [1.54, 1.807) is 24.3 Å². The third-order valence-corrected chi connectivity index (χ3v) is 6.67. The molecule has 1 N–H and O–H groups in total. The van der Waals surface area contributed by atoms with Crippen LogP contribution in [0, 0.1) is 29.6 Å². The minimum absolute atomic E-state index is 0.264. The first kappa shape index (κ1) is 16.4. The second kappa shape index (κ2) is 7.04. The lowest BCUT2D eigenvalue weighted by atomic mass is 9.52. The van der Waals surface area contributed by atoms with E-state index in [0.717, 1.165) is 40.6 Å². The average molecular weight is 350 g/mol. The third-order valence-electron chi connectivity index (χ3n) is 6.08. The fraction of sp³-hybridized carbons (Fsp3) is 0.611. The van der Waals surface area contributed by atoms with Gasteiger partial charge in [-0.25, -0.2) is 10.1 Å². The van der Waals surface area contributed by atoms with Gasteiger partial charge >= 0.3 is 5.97 Å². The standard InChI is InChI=1S/C18H22O5S/c19-18(13-1-3-16(4-2-13)24-23-22-20)21-10-17-14-6-11-5-12(8-14)9-15(17)7-11/h1-4,11-12,14-15,17,20H,5-10H2. The lowest BCUT2D eigenvalue weighted by Crippen LogP contribution is -2.46. The molecule has 0 atom stereocenters. The number of hydrogen-bond acceptors (Lipinski definition) is 6. The molecule has 130 valence electrons. The molecule has 5 rings (SSSR count). The molecule has 4 fully saturated rings. The van der Waals surface area contributed by atoms with Crippen molar-refractivity contribution in [2.45, 2.75) is 37.0 Å². The minimum Gasteiger partial charge on any atom is -0.462 e. The highest BCUT2D eigenvalue weighted by Crippen LogP contribution is 2.56. The molecular formula is C18H22O5S. The Morgan fingerprint density at radius 2 is 1.67 bits per heavy atom. The van der Waals surface area contributed by atoms with Crippen molar-refractivity contribution in [3.8, 4) is 0 Å². The zero-order valence-electron chi connectivity index (χ0n) is 13.4. The molecule has 0 saturated heterocycles. The van der Waals surface area contributed by atoms with Crippen LogP contribution in [0.15, 0.2) is 29.2 Å². The van der Waals surface area contributed by atoms with Crippen molar-refractivity contribution in [1.82, 2.24) is 0 Å². The van der Waals surface area contributed by atoms with Gasteiger partial charge < -0.3 is 4.74 Å². The molecule has 4 aliphatic rings. The number of carbonyl (C=O) groups is 1. The van der Waals surface area contributed by atoms with E-state index in [-0.39, 0.29) is 5.97 Å². The van der Waals surface area contributed by atoms with Gasteiger partial charge in [0.15, 0.2) is 0 Å². The van der Waals surface area contributed by atoms with Crippen molar-refractivity contribution >= 4 is 18.0 Å². The molecule has 4 bridgehead atoms. The van der Waals surface area contributed by atoms with E-state index < -0.39 is 0 Å². The fourth-order valence-electron chi connectivity index (χ4n) is 5.27. The second-order valence-electron chi connectivity index (χ2n) is 7.44. The van der Waals surface area contributed by atoms with Crippen LogP contribution in [0.4, 0.5) is 0 Å². The minimum atomic E-state index is -0.264. The molecule has 0 unspecified atom stereocenters. The monoisotopic (exact) mass is 350 g/mol. The first-order valence-corrected chi connectivity index (χ1v) is 9.39. The molecule has 5 nitrogen and oxygen atoms in total. The van der Waals surface area contributed by atoms with Gasteiger partial charge in [-0.1, -0.05) is 5.04 Å². The number of hydrogen-bond donors (Lipinski definition) is 1. The van der Waals surface area contributed by atoms with Gasteiger partial charge in [-0.15, -0.1) is 4.33 Å². The highest BCUT2D eigenvalue weighted by Gasteiger charge is 2.48. The Morgan fingerprint density at radius 1 is 1.04 bits per heavy atom. The largest absolute Gasteiger partial charge is 0.462 e. The first-order chi connectivity index (χ1) is 11.7. The van der Waals surface area contributed by atoms with E-state index in [1.165, 1.54) is 32.1 Å². The molecule has 4 saturated carbocycles. The Bertz CT molecular complexity index is 560. The highest BCUT2D eigenvalue weighted by atomic mass is 32.2. The summed E-state index contributed by atoms with van der Waals surface area (Å²) in [4.78, 5) is 13.0. The van der Waals surface area contributed by atoms with Gasteiger partial charge in [-0.05, 0) is 86.0 Å².